The number of anilines is 4. The third-order valence-corrected chi connectivity index (χ3v) is 4.17. The van der Waals surface area contributed by atoms with Crippen molar-refractivity contribution < 1.29 is 26.3 Å². The highest BCUT2D eigenvalue weighted by Crippen LogP contribution is 2.31. The Hall–Kier alpha value is -4.30. The number of alkyl halides is 6. The molecule has 0 saturated carbocycles. The summed E-state index contributed by atoms with van der Waals surface area (Å²) in [5.41, 5.74) is -2.14. The fourth-order valence-electron chi connectivity index (χ4n) is 2.73. The lowest BCUT2D eigenvalue weighted by Crippen LogP contribution is -2.10. The zero-order chi connectivity index (χ0) is 24.5. The highest BCUT2D eigenvalue weighted by Gasteiger charge is 2.33. The number of halogens is 6. The number of pyridine rings is 2. The average molecular weight is 481 g/mol. The molecule has 9 nitrogen and oxygen atoms in total. The third-order valence-electron chi connectivity index (χ3n) is 4.17. The molecule has 0 saturated heterocycles. The molecule has 34 heavy (non-hydrogen) atoms. The molecule has 0 fully saturated rings. The van der Waals surface area contributed by atoms with E-state index in [1.165, 1.54) is 23.0 Å². The van der Waals surface area contributed by atoms with E-state index in [4.69, 9.17) is 0 Å². The maximum Gasteiger partial charge on any atom is 0.433 e. The van der Waals surface area contributed by atoms with Gasteiger partial charge in [-0.15, -0.1) is 0 Å². The number of hydrogen-bond donors (Lipinski definition) is 2. The molecule has 0 atom stereocenters. The van der Waals surface area contributed by atoms with E-state index in [1.807, 2.05) is 0 Å². The molecule has 0 aromatic carbocycles. The first kappa shape index (κ1) is 22.9. The van der Waals surface area contributed by atoms with Crippen molar-refractivity contribution in [3.63, 3.8) is 0 Å². The van der Waals surface area contributed by atoms with Crippen LogP contribution in [0.3, 0.4) is 0 Å². The van der Waals surface area contributed by atoms with Gasteiger partial charge < -0.3 is 10.6 Å². The van der Waals surface area contributed by atoms with E-state index >= 15 is 0 Å². The number of aromatic nitrogens is 7. The summed E-state index contributed by atoms with van der Waals surface area (Å²) in [6.45, 7) is 0. The molecular weight excluding hydrogens is 468 g/mol. The van der Waals surface area contributed by atoms with E-state index in [-0.39, 0.29) is 29.1 Å². The third kappa shape index (κ3) is 5.36. The summed E-state index contributed by atoms with van der Waals surface area (Å²) in [5.74, 6) is -0.597. The van der Waals surface area contributed by atoms with Gasteiger partial charge in [0.1, 0.15) is 17.1 Å². The smallest absolute Gasteiger partial charge is 0.324 e. The first-order valence-electron chi connectivity index (χ1n) is 9.34. The summed E-state index contributed by atoms with van der Waals surface area (Å²) >= 11 is 0. The Bertz CT molecular complexity index is 1320. The van der Waals surface area contributed by atoms with Gasteiger partial charge in [-0.1, -0.05) is 6.07 Å². The molecule has 0 spiro atoms. The van der Waals surface area contributed by atoms with Gasteiger partial charge in [0, 0.05) is 25.1 Å². The molecule has 4 aromatic heterocycles. The molecular formula is C19H13F6N9. The second-order valence-corrected chi connectivity index (χ2v) is 6.79. The molecule has 0 aliphatic rings. The van der Waals surface area contributed by atoms with Crippen LogP contribution >= 0.6 is 0 Å². The van der Waals surface area contributed by atoms with Crippen LogP contribution < -0.4 is 10.6 Å². The minimum atomic E-state index is -4.70. The standard InChI is InChI=1S/C19H13F6N9/c1-34-9-11(8-27-34)29-17-32-15(12-3-2-4-13(30-12)18(20,21)22)31-16(33-17)28-10-5-6-26-14(7-10)19(23,24)25/h2-9H,1H3,(H2,26,28,29,31,32,33). The van der Waals surface area contributed by atoms with Gasteiger partial charge >= 0.3 is 12.4 Å². The predicted molar refractivity (Wildman–Crippen MR) is 107 cm³/mol. The number of hydrogen-bond acceptors (Lipinski definition) is 8. The molecule has 4 aromatic rings. The van der Waals surface area contributed by atoms with Gasteiger partial charge in [-0.05, 0) is 24.3 Å². The molecule has 0 unspecified atom stereocenters. The highest BCUT2D eigenvalue weighted by atomic mass is 19.4. The Labute approximate surface area is 186 Å². The Morgan fingerprint density at radius 3 is 2.09 bits per heavy atom. The van der Waals surface area contributed by atoms with Crippen molar-refractivity contribution in [2.24, 2.45) is 7.05 Å². The molecule has 176 valence electrons. The molecule has 15 heteroatoms. The Morgan fingerprint density at radius 2 is 1.47 bits per heavy atom. The zero-order valence-corrected chi connectivity index (χ0v) is 17.0. The number of aryl methyl sites for hydroxylation is 1. The summed E-state index contributed by atoms with van der Waals surface area (Å²) in [6, 6.07) is 5.16. The van der Waals surface area contributed by atoms with Crippen molar-refractivity contribution in [1.29, 1.82) is 0 Å². The molecule has 4 heterocycles. The minimum absolute atomic E-state index is 0.0520. The maximum atomic E-state index is 13.1. The van der Waals surface area contributed by atoms with Gasteiger partial charge in [0.2, 0.25) is 11.9 Å². The minimum Gasteiger partial charge on any atom is -0.324 e. The SMILES string of the molecule is Cn1cc(Nc2nc(Nc3ccnc(C(F)(F)F)c3)nc(-c3cccc(C(F)(F)F)n3)n2)cn1. The first-order valence-corrected chi connectivity index (χ1v) is 9.34. The summed E-state index contributed by atoms with van der Waals surface area (Å²) in [7, 11) is 1.66. The van der Waals surface area contributed by atoms with Crippen LogP contribution in [0, 0.1) is 0 Å². The number of nitrogens with one attached hydrogen (secondary N) is 2. The Kier molecular flexibility index (Phi) is 5.76. The second-order valence-electron chi connectivity index (χ2n) is 6.79. The Morgan fingerprint density at radius 1 is 0.794 bits per heavy atom. The van der Waals surface area contributed by atoms with Crippen LogP contribution in [0.5, 0.6) is 0 Å². The molecule has 0 aliphatic carbocycles. The van der Waals surface area contributed by atoms with Gasteiger partial charge in [0.25, 0.3) is 0 Å². The van der Waals surface area contributed by atoms with Crippen molar-refractivity contribution in [2.75, 3.05) is 10.6 Å². The fraction of sp³-hybridized carbons (Fsp3) is 0.158. The zero-order valence-electron chi connectivity index (χ0n) is 17.0. The maximum absolute atomic E-state index is 13.1. The molecule has 0 amide bonds. The molecule has 0 bridgehead atoms. The summed E-state index contributed by atoms with van der Waals surface area (Å²) in [6.07, 6.45) is -5.42. The lowest BCUT2D eigenvalue weighted by atomic mass is 10.3. The van der Waals surface area contributed by atoms with Crippen molar-refractivity contribution in [3.8, 4) is 11.5 Å². The predicted octanol–water partition coefficient (Wildman–Crippen LogP) is 4.59. The van der Waals surface area contributed by atoms with Crippen LogP contribution in [-0.4, -0.2) is 34.7 Å². The van der Waals surface area contributed by atoms with Crippen LogP contribution in [0.2, 0.25) is 0 Å². The van der Waals surface area contributed by atoms with E-state index < -0.39 is 23.7 Å². The lowest BCUT2D eigenvalue weighted by Gasteiger charge is -2.12. The van der Waals surface area contributed by atoms with Crippen LogP contribution in [0.4, 0.5) is 49.6 Å². The van der Waals surface area contributed by atoms with Crippen molar-refractivity contribution >= 4 is 23.3 Å². The first-order chi connectivity index (χ1) is 16.0. The van der Waals surface area contributed by atoms with Gasteiger partial charge in [0.05, 0.1) is 11.9 Å². The molecule has 4 rings (SSSR count). The topological polar surface area (TPSA) is 106 Å². The van der Waals surface area contributed by atoms with Crippen LogP contribution in [0.25, 0.3) is 11.5 Å². The summed E-state index contributed by atoms with van der Waals surface area (Å²) in [5, 5.41) is 9.37. The average Bonchev–Trinajstić information content (AvgIpc) is 3.17. The van der Waals surface area contributed by atoms with Gasteiger partial charge in [-0.2, -0.15) is 46.4 Å². The van der Waals surface area contributed by atoms with Crippen molar-refractivity contribution in [2.45, 2.75) is 12.4 Å². The lowest BCUT2D eigenvalue weighted by molar-refractivity contribution is -0.141. The summed E-state index contributed by atoms with van der Waals surface area (Å²) in [4.78, 5) is 19.0. The normalized spacial score (nSPS) is 12.0. The van der Waals surface area contributed by atoms with E-state index in [1.54, 1.807) is 13.2 Å². The van der Waals surface area contributed by atoms with Crippen LogP contribution in [0.15, 0.2) is 48.9 Å². The van der Waals surface area contributed by atoms with E-state index in [2.05, 4.69) is 40.7 Å². The van der Waals surface area contributed by atoms with E-state index in [0.29, 0.717) is 5.69 Å². The molecule has 0 aliphatic heterocycles. The van der Waals surface area contributed by atoms with Crippen molar-refractivity contribution in [3.05, 3.63) is 60.3 Å². The molecule has 2 N–H and O–H groups in total. The number of rotatable bonds is 5. The fourth-order valence-corrected chi connectivity index (χ4v) is 2.73. The second kappa shape index (κ2) is 8.57. The van der Waals surface area contributed by atoms with E-state index in [9.17, 15) is 26.3 Å². The summed E-state index contributed by atoms with van der Waals surface area (Å²) < 4.78 is 79.8. The van der Waals surface area contributed by atoms with E-state index in [0.717, 1.165) is 24.4 Å². The van der Waals surface area contributed by atoms with Crippen LogP contribution in [-0.2, 0) is 19.4 Å². The van der Waals surface area contributed by atoms with Gasteiger partial charge in [0.15, 0.2) is 5.82 Å². The highest BCUT2D eigenvalue weighted by molar-refractivity contribution is 5.61. The largest absolute Gasteiger partial charge is 0.433 e. The Balaban J connectivity index is 1.75. The van der Waals surface area contributed by atoms with Crippen molar-refractivity contribution in [1.82, 2.24) is 34.7 Å². The quantitative estimate of drug-likeness (QED) is 0.399. The number of nitrogens with zero attached hydrogens (tertiary/aromatic N) is 7. The molecule has 0 radical (unpaired) electrons. The van der Waals surface area contributed by atoms with Gasteiger partial charge in [-0.3, -0.25) is 9.67 Å². The van der Waals surface area contributed by atoms with Crippen LogP contribution in [0.1, 0.15) is 11.4 Å². The monoisotopic (exact) mass is 481 g/mol. The van der Waals surface area contributed by atoms with Gasteiger partial charge in [-0.25, -0.2) is 4.98 Å².